The van der Waals surface area contributed by atoms with Crippen LogP contribution in [0.15, 0.2) is 17.8 Å². The molecule has 0 aromatic heterocycles. The number of carbonyl (C=O) groups is 2. The average molecular weight is 381 g/mol. The molecule has 0 saturated heterocycles. The molecule has 0 aliphatic rings. The van der Waals surface area contributed by atoms with Crippen molar-refractivity contribution in [2.24, 2.45) is 0 Å². The van der Waals surface area contributed by atoms with Crippen LogP contribution in [0.3, 0.4) is 0 Å². The number of methoxy groups -OCH3 is 1. The van der Waals surface area contributed by atoms with Crippen molar-refractivity contribution in [1.82, 2.24) is 5.32 Å². The van der Waals surface area contributed by atoms with Crippen molar-refractivity contribution < 1.29 is 41.0 Å². The second-order valence-electron chi connectivity index (χ2n) is 5.13. The third kappa shape index (κ3) is 5.17. The predicted octanol–water partition coefficient (Wildman–Crippen LogP) is 2.99. The molecule has 0 fully saturated rings. The van der Waals surface area contributed by atoms with Crippen molar-refractivity contribution in [3.8, 4) is 5.75 Å². The van der Waals surface area contributed by atoms with Gasteiger partial charge in [0.2, 0.25) is 11.6 Å². The van der Waals surface area contributed by atoms with E-state index in [4.69, 9.17) is 0 Å². The fraction of sp³-hybridized carbons (Fsp3) is 0.375. The minimum Gasteiger partial charge on any atom is -0.491 e. The summed E-state index contributed by atoms with van der Waals surface area (Å²) in [5.41, 5.74) is -1.90. The van der Waals surface area contributed by atoms with Crippen molar-refractivity contribution in [2.75, 3.05) is 20.3 Å². The van der Waals surface area contributed by atoms with Crippen LogP contribution < -0.4 is 10.1 Å². The summed E-state index contributed by atoms with van der Waals surface area (Å²) in [6.45, 7) is 0.887. The summed E-state index contributed by atoms with van der Waals surface area (Å²) in [7, 11) is 0.849. The largest absolute Gasteiger partial charge is 0.491 e. The first-order chi connectivity index (χ1) is 12.0. The van der Waals surface area contributed by atoms with Gasteiger partial charge in [0.25, 0.3) is 5.92 Å². The number of ketones is 1. The quantitative estimate of drug-likeness (QED) is 0.143. The van der Waals surface area contributed by atoms with Gasteiger partial charge in [-0.3, -0.25) is 4.79 Å². The van der Waals surface area contributed by atoms with E-state index in [1.165, 1.54) is 6.92 Å². The van der Waals surface area contributed by atoms with E-state index in [2.05, 4.69) is 9.47 Å². The van der Waals surface area contributed by atoms with Crippen LogP contribution in [0.5, 0.6) is 5.75 Å². The van der Waals surface area contributed by atoms with Gasteiger partial charge in [0, 0.05) is 13.1 Å². The highest BCUT2D eigenvalue weighted by Crippen LogP contribution is 2.28. The van der Waals surface area contributed by atoms with E-state index < -0.39 is 58.6 Å². The highest BCUT2D eigenvalue weighted by atomic mass is 19.3. The molecule has 0 heterocycles. The molecule has 0 radical (unpaired) electrons. The van der Waals surface area contributed by atoms with Crippen LogP contribution in [-0.4, -0.2) is 37.9 Å². The van der Waals surface area contributed by atoms with E-state index in [9.17, 15) is 31.5 Å². The van der Waals surface area contributed by atoms with Gasteiger partial charge in [0.05, 0.1) is 25.8 Å². The molecule has 10 heteroatoms. The van der Waals surface area contributed by atoms with Gasteiger partial charge in [-0.25, -0.2) is 22.4 Å². The lowest BCUT2D eigenvalue weighted by molar-refractivity contribution is -0.138. The van der Waals surface area contributed by atoms with Crippen LogP contribution >= 0.6 is 0 Å². The lowest BCUT2D eigenvalue weighted by atomic mass is 10.0. The second kappa shape index (κ2) is 8.63. The molecule has 144 valence electrons. The first-order valence-electron chi connectivity index (χ1n) is 7.28. The summed E-state index contributed by atoms with van der Waals surface area (Å²) in [6, 6.07) is 0.233. The summed E-state index contributed by atoms with van der Waals surface area (Å²) in [4.78, 5) is 24.3. The number of nitrogens with one attached hydrogen (secondary N) is 1. The summed E-state index contributed by atoms with van der Waals surface area (Å²) in [6.07, 6.45) is 0.602. The molecule has 1 aromatic rings. The minimum absolute atomic E-state index is 0.170. The SMILES string of the molecule is CCOC(=O)C(=CNCC(C)(F)F)C(=O)c1cc(F)c(F)c(OC)c1F. The number of rotatable bonds is 8. The van der Waals surface area contributed by atoms with Gasteiger partial charge in [-0.15, -0.1) is 0 Å². The fourth-order valence-electron chi connectivity index (χ4n) is 1.83. The molecule has 0 atom stereocenters. The van der Waals surface area contributed by atoms with Crippen LogP contribution in [0.4, 0.5) is 22.0 Å². The first-order valence-corrected chi connectivity index (χ1v) is 7.28. The first kappa shape index (κ1) is 21.4. The Kier molecular flexibility index (Phi) is 7.10. The molecular formula is C16H16F5NO4. The summed E-state index contributed by atoms with van der Waals surface area (Å²) >= 11 is 0. The topological polar surface area (TPSA) is 64.6 Å². The second-order valence-corrected chi connectivity index (χ2v) is 5.13. The van der Waals surface area contributed by atoms with Crippen LogP contribution in [0.1, 0.15) is 24.2 Å². The van der Waals surface area contributed by atoms with E-state index >= 15 is 0 Å². The maximum Gasteiger partial charge on any atom is 0.343 e. The highest BCUT2D eigenvalue weighted by Gasteiger charge is 2.29. The van der Waals surface area contributed by atoms with E-state index in [0.717, 1.165) is 7.11 Å². The third-order valence-corrected chi connectivity index (χ3v) is 2.96. The van der Waals surface area contributed by atoms with Gasteiger partial charge in [-0.2, -0.15) is 4.39 Å². The summed E-state index contributed by atoms with van der Waals surface area (Å²) in [5.74, 6) is -11.8. The number of benzene rings is 1. The molecule has 0 saturated carbocycles. The number of halogens is 5. The molecule has 1 rings (SSSR count). The lowest BCUT2D eigenvalue weighted by Crippen LogP contribution is -2.28. The maximum atomic E-state index is 14.2. The maximum absolute atomic E-state index is 14.2. The van der Waals surface area contributed by atoms with Crippen molar-refractivity contribution in [2.45, 2.75) is 19.8 Å². The molecule has 26 heavy (non-hydrogen) atoms. The van der Waals surface area contributed by atoms with Crippen molar-refractivity contribution >= 4 is 11.8 Å². The van der Waals surface area contributed by atoms with Gasteiger partial charge >= 0.3 is 5.97 Å². The minimum atomic E-state index is -3.17. The number of carbonyl (C=O) groups excluding carboxylic acids is 2. The van der Waals surface area contributed by atoms with E-state index in [1.54, 1.807) is 0 Å². The number of esters is 1. The molecular weight excluding hydrogens is 365 g/mol. The number of hydrogen-bond donors (Lipinski definition) is 1. The normalized spacial score (nSPS) is 11.9. The van der Waals surface area contributed by atoms with E-state index in [-0.39, 0.29) is 12.7 Å². The average Bonchev–Trinajstić information content (AvgIpc) is 2.54. The molecule has 0 spiro atoms. The Morgan fingerprint density at radius 1 is 1.23 bits per heavy atom. The van der Waals surface area contributed by atoms with Crippen molar-refractivity contribution in [1.29, 1.82) is 0 Å². The molecule has 5 nitrogen and oxygen atoms in total. The molecule has 0 aliphatic heterocycles. The Balaban J connectivity index is 3.35. The monoisotopic (exact) mass is 381 g/mol. The van der Waals surface area contributed by atoms with Gasteiger partial charge in [0.1, 0.15) is 5.57 Å². The van der Waals surface area contributed by atoms with Crippen molar-refractivity contribution in [3.05, 3.63) is 40.9 Å². The molecule has 1 aromatic carbocycles. The zero-order valence-electron chi connectivity index (χ0n) is 14.1. The molecule has 1 N–H and O–H groups in total. The molecule has 0 aliphatic carbocycles. The zero-order chi connectivity index (χ0) is 20.1. The smallest absolute Gasteiger partial charge is 0.343 e. The van der Waals surface area contributed by atoms with Gasteiger partial charge in [0.15, 0.2) is 17.4 Å². The Hall–Kier alpha value is -2.65. The molecule has 0 unspecified atom stereocenters. The van der Waals surface area contributed by atoms with Crippen molar-refractivity contribution in [3.63, 3.8) is 0 Å². The summed E-state index contributed by atoms with van der Waals surface area (Å²) in [5, 5.41) is 2.03. The van der Waals surface area contributed by atoms with Crippen LogP contribution in [0.2, 0.25) is 0 Å². The highest BCUT2D eigenvalue weighted by molar-refractivity contribution is 6.24. The van der Waals surface area contributed by atoms with Crippen LogP contribution in [-0.2, 0) is 9.53 Å². The van der Waals surface area contributed by atoms with Crippen LogP contribution in [0.25, 0.3) is 0 Å². The fourth-order valence-corrected chi connectivity index (χ4v) is 1.83. The number of hydrogen-bond acceptors (Lipinski definition) is 5. The van der Waals surface area contributed by atoms with Crippen LogP contribution in [0, 0.1) is 17.5 Å². The number of alkyl halides is 2. The molecule has 0 bridgehead atoms. The summed E-state index contributed by atoms with van der Waals surface area (Å²) < 4.78 is 75.9. The Morgan fingerprint density at radius 2 is 1.85 bits per heavy atom. The number of ether oxygens (including phenoxy) is 2. The third-order valence-electron chi connectivity index (χ3n) is 2.96. The van der Waals surface area contributed by atoms with Gasteiger partial charge in [-0.05, 0) is 13.0 Å². The number of Topliss-reactive ketones (excluding diaryl/α,β-unsaturated/α-hetero) is 1. The standard InChI is InChI=1S/C16H16F5NO4/c1-4-26-15(24)9(6-22-7-16(2,20)21)13(23)8-5-10(17)12(19)14(25-3)11(8)18/h5-6,22H,4,7H2,1-3H3. The Bertz CT molecular complexity index is 728. The molecule has 0 amide bonds. The van der Waals surface area contributed by atoms with E-state index in [1.807, 2.05) is 5.32 Å². The van der Waals surface area contributed by atoms with E-state index in [0.29, 0.717) is 13.1 Å². The Labute approximate surface area is 145 Å². The lowest BCUT2D eigenvalue weighted by Gasteiger charge is -2.13. The van der Waals surface area contributed by atoms with Gasteiger partial charge < -0.3 is 14.8 Å². The Morgan fingerprint density at radius 3 is 2.35 bits per heavy atom. The van der Waals surface area contributed by atoms with Gasteiger partial charge in [-0.1, -0.05) is 0 Å². The predicted molar refractivity (Wildman–Crippen MR) is 80.5 cm³/mol. The zero-order valence-corrected chi connectivity index (χ0v) is 14.1.